The molecule has 2 aromatic rings. The summed E-state index contributed by atoms with van der Waals surface area (Å²) in [5.74, 6) is 0. The number of rotatable bonds is 4. The summed E-state index contributed by atoms with van der Waals surface area (Å²) in [7, 11) is -0.322. The van der Waals surface area contributed by atoms with Gasteiger partial charge in [-0.15, -0.1) is 0 Å². The van der Waals surface area contributed by atoms with Crippen LogP contribution in [-0.4, -0.2) is 72.0 Å². The molecule has 8 nitrogen and oxygen atoms in total. The lowest BCUT2D eigenvalue weighted by atomic mass is 10.1. The first-order valence-electron chi connectivity index (χ1n) is 8.17. The van der Waals surface area contributed by atoms with E-state index in [0.717, 1.165) is 11.1 Å². The van der Waals surface area contributed by atoms with E-state index in [4.69, 9.17) is 0 Å². The van der Waals surface area contributed by atoms with Crippen LogP contribution in [0.5, 0.6) is 0 Å². The van der Waals surface area contributed by atoms with Crippen molar-refractivity contribution >= 4 is 21.0 Å². The predicted molar refractivity (Wildman–Crippen MR) is 96.5 cm³/mol. The molecule has 1 fully saturated rings. The zero-order valence-electron chi connectivity index (χ0n) is 14.7. The van der Waals surface area contributed by atoms with E-state index in [1.165, 1.54) is 27.4 Å². The number of piperazine rings is 1. The van der Waals surface area contributed by atoms with E-state index in [0.29, 0.717) is 38.2 Å². The van der Waals surface area contributed by atoms with Gasteiger partial charge < -0.3 is 0 Å². The number of aryl methyl sites for hydroxylation is 1. The van der Waals surface area contributed by atoms with Crippen molar-refractivity contribution in [1.82, 2.24) is 23.3 Å². The first-order valence-corrected chi connectivity index (χ1v) is 9.57. The third kappa shape index (κ3) is 3.45. The van der Waals surface area contributed by atoms with Gasteiger partial charge in [0.25, 0.3) is 15.8 Å². The summed E-state index contributed by atoms with van der Waals surface area (Å²) in [5, 5.41) is 5.94. The van der Waals surface area contributed by atoms with Gasteiger partial charge in [0.1, 0.15) is 0 Å². The van der Waals surface area contributed by atoms with E-state index in [1.54, 1.807) is 0 Å². The summed E-state index contributed by atoms with van der Waals surface area (Å²) in [6.07, 6.45) is 0. The second-order valence-corrected chi connectivity index (χ2v) is 8.53. The second-order valence-electron chi connectivity index (χ2n) is 6.38. The zero-order chi connectivity index (χ0) is 18.2. The molecular formula is C16H23N5O3S. The lowest BCUT2D eigenvalue weighted by Gasteiger charge is -2.35. The maximum Gasteiger partial charge on any atom is 0.281 e. The standard InChI is InChI=1S/C16H23N5O3S/c1-13-14-6-4-5-7-15(14)16(22)21(17-13)12-19-8-10-20(11-9-19)25(23,24)18(2)3/h4-7H,8-12H2,1-3H3. The molecule has 0 aliphatic carbocycles. The molecule has 0 amide bonds. The van der Waals surface area contributed by atoms with Crippen LogP contribution >= 0.6 is 0 Å². The van der Waals surface area contributed by atoms with Crippen molar-refractivity contribution in [2.75, 3.05) is 40.3 Å². The van der Waals surface area contributed by atoms with Crippen molar-refractivity contribution in [3.05, 3.63) is 40.3 Å². The van der Waals surface area contributed by atoms with E-state index in [9.17, 15) is 13.2 Å². The molecule has 0 saturated carbocycles. The normalized spacial score (nSPS) is 17.4. The van der Waals surface area contributed by atoms with Crippen LogP contribution in [0.2, 0.25) is 0 Å². The lowest BCUT2D eigenvalue weighted by Crippen LogP contribution is -2.52. The minimum absolute atomic E-state index is 0.121. The van der Waals surface area contributed by atoms with Crippen molar-refractivity contribution in [2.24, 2.45) is 0 Å². The van der Waals surface area contributed by atoms with Gasteiger partial charge in [0.05, 0.1) is 17.7 Å². The maximum atomic E-state index is 12.6. The lowest BCUT2D eigenvalue weighted by molar-refractivity contribution is 0.140. The fraction of sp³-hybridized carbons (Fsp3) is 0.500. The second kappa shape index (κ2) is 6.83. The number of nitrogens with zero attached hydrogens (tertiary/aromatic N) is 5. The van der Waals surface area contributed by atoms with Crippen LogP contribution in [0.25, 0.3) is 10.8 Å². The number of hydrogen-bond donors (Lipinski definition) is 0. The molecule has 0 radical (unpaired) electrons. The van der Waals surface area contributed by atoms with Crippen molar-refractivity contribution in [1.29, 1.82) is 0 Å². The van der Waals surface area contributed by atoms with Gasteiger partial charge in [-0.25, -0.2) is 4.68 Å². The topological polar surface area (TPSA) is 78.8 Å². The molecule has 1 aliphatic rings. The summed E-state index contributed by atoms with van der Waals surface area (Å²) in [6, 6.07) is 7.45. The highest BCUT2D eigenvalue weighted by Crippen LogP contribution is 2.13. The smallest absolute Gasteiger partial charge is 0.281 e. The Bertz CT molecular complexity index is 930. The molecule has 25 heavy (non-hydrogen) atoms. The van der Waals surface area contributed by atoms with Crippen LogP contribution in [0.4, 0.5) is 0 Å². The van der Waals surface area contributed by atoms with Gasteiger partial charge in [0.15, 0.2) is 0 Å². The van der Waals surface area contributed by atoms with Gasteiger partial charge in [-0.1, -0.05) is 18.2 Å². The summed E-state index contributed by atoms with van der Waals surface area (Å²) >= 11 is 0. The van der Waals surface area contributed by atoms with Crippen LogP contribution in [0.15, 0.2) is 29.1 Å². The molecule has 1 aliphatic heterocycles. The van der Waals surface area contributed by atoms with Crippen molar-refractivity contribution in [2.45, 2.75) is 13.6 Å². The SMILES string of the molecule is Cc1nn(CN2CCN(S(=O)(=O)N(C)C)CC2)c(=O)c2ccccc12. The van der Waals surface area contributed by atoms with Crippen LogP contribution in [-0.2, 0) is 16.9 Å². The van der Waals surface area contributed by atoms with Crippen molar-refractivity contribution in [3.63, 3.8) is 0 Å². The highest BCUT2D eigenvalue weighted by molar-refractivity contribution is 7.86. The summed E-state index contributed by atoms with van der Waals surface area (Å²) < 4.78 is 28.5. The average Bonchev–Trinajstić information content (AvgIpc) is 2.60. The van der Waals surface area contributed by atoms with Crippen LogP contribution in [0.3, 0.4) is 0 Å². The fourth-order valence-electron chi connectivity index (χ4n) is 3.02. The van der Waals surface area contributed by atoms with E-state index < -0.39 is 10.2 Å². The van der Waals surface area contributed by atoms with Crippen molar-refractivity contribution in [3.8, 4) is 0 Å². The fourth-order valence-corrected chi connectivity index (χ4v) is 4.11. The predicted octanol–water partition coefficient (Wildman–Crippen LogP) is 0.0864. The maximum absolute atomic E-state index is 12.6. The highest BCUT2D eigenvalue weighted by Gasteiger charge is 2.28. The molecule has 0 unspecified atom stereocenters. The van der Waals surface area contributed by atoms with E-state index in [1.807, 2.05) is 36.1 Å². The Hall–Kier alpha value is -1.81. The van der Waals surface area contributed by atoms with Crippen LogP contribution in [0.1, 0.15) is 5.69 Å². The Morgan fingerprint density at radius 3 is 2.28 bits per heavy atom. The molecule has 0 N–H and O–H groups in total. The average molecular weight is 365 g/mol. The van der Waals surface area contributed by atoms with Gasteiger partial charge in [-0.2, -0.15) is 22.1 Å². The van der Waals surface area contributed by atoms with Gasteiger partial charge in [-0.3, -0.25) is 9.69 Å². The number of benzene rings is 1. The van der Waals surface area contributed by atoms with Gasteiger partial charge in [0.2, 0.25) is 0 Å². The Morgan fingerprint density at radius 1 is 1.08 bits per heavy atom. The van der Waals surface area contributed by atoms with Crippen LogP contribution in [0, 0.1) is 6.92 Å². The molecule has 136 valence electrons. The van der Waals surface area contributed by atoms with Crippen LogP contribution < -0.4 is 5.56 Å². The monoisotopic (exact) mass is 365 g/mol. The molecule has 0 bridgehead atoms. The first kappa shape index (κ1) is 18.0. The van der Waals surface area contributed by atoms with Gasteiger partial charge >= 0.3 is 0 Å². The zero-order valence-corrected chi connectivity index (χ0v) is 15.5. The summed E-state index contributed by atoms with van der Waals surface area (Å²) in [6.45, 7) is 4.18. The molecule has 1 aromatic heterocycles. The Morgan fingerprint density at radius 2 is 1.68 bits per heavy atom. The molecular weight excluding hydrogens is 342 g/mol. The third-order valence-corrected chi connectivity index (χ3v) is 6.45. The first-order chi connectivity index (χ1) is 11.8. The van der Waals surface area contributed by atoms with Gasteiger partial charge in [-0.05, 0) is 13.0 Å². The number of aromatic nitrogens is 2. The summed E-state index contributed by atoms with van der Waals surface area (Å²) in [5.41, 5.74) is 0.688. The Balaban J connectivity index is 1.76. The molecule has 9 heteroatoms. The number of hydrogen-bond acceptors (Lipinski definition) is 5. The molecule has 0 atom stereocenters. The molecule has 2 heterocycles. The van der Waals surface area contributed by atoms with Crippen molar-refractivity contribution < 1.29 is 8.42 Å². The minimum atomic E-state index is -3.38. The Labute approximate surface area is 147 Å². The minimum Gasteiger partial charge on any atom is -0.282 e. The Kier molecular flexibility index (Phi) is 4.92. The van der Waals surface area contributed by atoms with E-state index in [-0.39, 0.29) is 5.56 Å². The quantitative estimate of drug-likeness (QED) is 0.767. The highest BCUT2D eigenvalue weighted by atomic mass is 32.2. The third-order valence-electron chi connectivity index (χ3n) is 4.51. The summed E-state index contributed by atoms with van der Waals surface area (Å²) in [4.78, 5) is 14.7. The number of fused-ring (bicyclic) bond motifs is 1. The molecule has 1 saturated heterocycles. The molecule has 1 aromatic carbocycles. The molecule has 0 spiro atoms. The van der Waals surface area contributed by atoms with Gasteiger partial charge in [0, 0.05) is 45.7 Å². The largest absolute Gasteiger partial charge is 0.282 e. The van der Waals surface area contributed by atoms with E-state index in [2.05, 4.69) is 5.10 Å². The van der Waals surface area contributed by atoms with E-state index >= 15 is 0 Å². The molecule has 3 rings (SSSR count).